The maximum atomic E-state index is 5.75. The fourth-order valence-electron chi connectivity index (χ4n) is 4.07. The zero-order chi connectivity index (χ0) is 22.3. The average Bonchev–Trinajstić information content (AvgIpc) is 2.83. The first kappa shape index (κ1) is 22.1. The van der Waals surface area contributed by atoms with Gasteiger partial charge in [0.25, 0.3) is 0 Å². The van der Waals surface area contributed by atoms with E-state index in [1.807, 2.05) is 43.6 Å². The quantitative estimate of drug-likeness (QED) is 0.544. The Morgan fingerprint density at radius 3 is 2.38 bits per heavy atom. The third kappa shape index (κ3) is 5.56. The summed E-state index contributed by atoms with van der Waals surface area (Å²) in [5.74, 6) is 2.54. The average molecular weight is 433 g/mol. The molecule has 0 atom stereocenters. The van der Waals surface area contributed by atoms with Gasteiger partial charge in [-0.1, -0.05) is 24.3 Å². The van der Waals surface area contributed by atoms with E-state index in [1.165, 1.54) is 11.1 Å². The van der Waals surface area contributed by atoms with Crippen molar-refractivity contribution >= 4 is 5.95 Å². The minimum atomic E-state index is 0.398. The van der Waals surface area contributed by atoms with E-state index in [2.05, 4.69) is 45.3 Å². The summed E-state index contributed by atoms with van der Waals surface area (Å²) in [7, 11) is 1.67. The maximum absolute atomic E-state index is 5.75. The van der Waals surface area contributed by atoms with Gasteiger partial charge in [-0.3, -0.25) is 4.90 Å². The first-order valence-electron chi connectivity index (χ1n) is 11.3. The number of benzene rings is 2. The van der Waals surface area contributed by atoms with Crippen molar-refractivity contribution < 1.29 is 9.47 Å². The molecule has 0 aliphatic carbocycles. The Morgan fingerprint density at radius 1 is 1.00 bits per heavy atom. The number of hydrogen-bond donors (Lipinski definition) is 1. The monoisotopic (exact) mass is 432 g/mol. The van der Waals surface area contributed by atoms with Crippen molar-refractivity contribution in [3.8, 4) is 22.6 Å². The van der Waals surface area contributed by atoms with E-state index in [0.29, 0.717) is 18.6 Å². The molecule has 6 nitrogen and oxygen atoms in total. The van der Waals surface area contributed by atoms with Crippen LogP contribution in [0.2, 0.25) is 0 Å². The highest BCUT2D eigenvalue weighted by molar-refractivity contribution is 5.62. The fourth-order valence-corrected chi connectivity index (χ4v) is 4.07. The van der Waals surface area contributed by atoms with Crippen molar-refractivity contribution in [3.05, 3.63) is 66.0 Å². The summed E-state index contributed by atoms with van der Waals surface area (Å²) >= 11 is 0. The summed E-state index contributed by atoms with van der Waals surface area (Å²) < 4.78 is 11.0. The molecule has 1 aliphatic rings. The molecule has 0 bridgehead atoms. The molecule has 6 heteroatoms. The predicted molar refractivity (Wildman–Crippen MR) is 128 cm³/mol. The number of likely N-dealkylation sites (tertiary alicyclic amines) is 1. The zero-order valence-corrected chi connectivity index (χ0v) is 19.2. The summed E-state index contributed by atoms with van der Waals surface area (Å²) in [6, 6.07) is 14.9. The van der Waals surface area contributed by atoms with E-state index < -0.39 is 0 Å². The number of methoxy groups -OCH3 is 1. The molecule has 1 fully saturated rings. The third-order valence-corrected chi connectivity index (χ3v) is 5.95. The molecule has 1 aliphatic heterocycles. The molecule has 168 valence electrons. The van der Waals surface area contributed by atoms with E-state index in [-0.39, 0.29) is 0 Å². The third-order valence-electron chi connectivity index (χ3n) is 5.95. The van der Waals surface area contributed by atoms with Crippen molar-refractivity contribution in [2.24, 2.45) is 0 Å². The molecule has 4 rings (SSSR count). The van der Waals surface area contributed by atoms with Crippen LogP contribution in [-0.4, -0.2) is 47.7 Å². The van der Waals surface area contributed by atoms with Gasteiger partial charge in [0.1, 0.15) is 11.5 Å². The number of aryl methyl sites for hydroxylation is 1. The Labute approximate surface area is 190 Å². The lowest BCUT2D eigenvalue weighted by atomic mass is 10.0. The first-order valence-corrected chi connectivity index (χ1v) is 11.3. The number of anilines is 1. The number of hydrogen-bond acceptors (Lipinski definition) is 6. The van der Waals surface area contributed by atoms with Crippen molar-refractivity contribution in [1.82, 2.24) is 14.9 Å². The number of piperidine rings is 1. The summed E-state index contributed by atoms with van der Waals surface area (Å²) in [4.78, 5) is 11.6. The van der Waals surface area contributed by atoms with Crippen LogP contribution in [0.15, 0.2) is 54.9 Å². The van der Waals surface area contributed by atoms with Crippen molar-refractivity contribution in [2.45, 2.75) is 39.3 Å². The van der Waals surface area contributed by atoms with Crippen LogP contribution in [0.1, 0.15) is 30.9 Å². The molecular formula is C26H32N4O2. The lowest BCUT2D eigenvalue weighted by molar-refractivity contribution is 0.210. The minimum absolute atomic E-state index is 0.398. The summed E-state index contributed by atoms with van der Waals surface area (Å²) in [5, 5.41) is 3.51. The van der Waals surface area contributed by atoms with Crippen LogP contribution in [0.3, 0.4) is 0 Å². The highest BCUT2D eigenvalue weighted by atomic mass is 16.5. The Hall–Kier alpha value is -3.12. The van der Waals surface area contributed by atoms with Crippen LogP contribution in [-0.2, 0) is 6.54 Å². The largest absolute Gasteiger partial charge is 0.497 e. The second-order valence-corrected chi connectivity index (χ2v) is 8.25. The summed E-state index contributed by atoms with van der Waals surface area (Å²) in [5.41, 5.74) is 4.58. The molecule has 1 N–H and O–H groups in total. The van der Waals surface area contributed by atoms with Gasteiger partial charge < -0.3 is 14.8 Å². The van der Waals surface area contributed by atoms with Crippen LogP contribution in [0, 0.1) is 6.92 Å². The van der Waals surface area contributed by atoms with Gasteiger partial charge in [-0.05, 0) is 61.6 Å². The Kier molecular flexibility index (Phi) is 7.22. The van der Waals surface area contributed by atoms with Crippen LogP contribution < -0.4 is 14.8 Å². The molecule has 0 saturated carbocycles. The molecule has 2 heterocycles. The number of nitrogens with zero attached hydrogens (tertiary/aromatic N) is 3. The molecule has 32 heavy (non-hydrogen) atoms. The molecular weight excluding hydrogens is 400 g/mol. The van der Waals surface area contributed by atoms with Crippen LogP contribution >= 0.6 is 0 Å². The number of ether oxygens (including phenoxy) is 2. The van der Waals surface area contributed by atoms with Crippen LogP contribution in [0.25, 0.3) is 11.1 Å². The Balaban J connectivity index is 1.28. The van der Waals surface area contributed by atoms with E-state index in [1.54, 1.807) is 7.11 Å². The summed E-state index contributed by atoms with van der Waals surface area (Å²) in [6.07, 6.45) is 5.90. The molecule has 2 aromatic carbocycles. The van der Waals surface area contributed by atoms with Gasteiger partial charge in [-0.25, -0.2) is 9.97 Å². The highest BCUT2D eigenvalue weighted by Gasteiger charge is 2.20. The zero-order valence-electron chi connectivity index (χ0n) is 19.2. The molecule has 1 aromatic heterocycles. The van der Waals surface area contributed by atoms with E-state index >= 15 is 0 Å². The van der Waals surface area contributed by atoms with E-state index in [9.17, 15) is 0 Å². The second kappa shape index (κ2) is 10.5. The SMILES string of the molecule is CCOc1cc(CN2CCC(Nc3ncc(-c4ccc(OC)cc4)cn3)CC2)ccc1C. The molecule has 0 amide bonds. The van der Waals surface area contributed by atoms with Crippen molar-refractivity contribution in [2.75, 3.05) is 32.1 Å². The van der Waals surface area contributed by atoms with Gasteiger partial charge in [-0.2, -0.15) is 0 Å². The molecule has 0 unspecified atom stereocenters. The molecule has 0 radical (unpaired) electrons. The lowest BCUT2D eigenvalue weighted by Gasteiger charge is -2.32. The van der Waals surface area contributed by atoms with Crippen LogP contribution in [0.4, 0.5) is 5.95 Å². The number of aromatic nitrogens is 2. The van der Waals surface area contributed by atoms with E-state index in [4.69, 9.17) is 9.47 Å². The first-order chi connectivity index (χ1) is 15.6. The molecule has 3 aromatic rings. The normalized spacial score (nSPS) is 14.8. The van der Waals surface area contributed by atoms with Gasteiger partial charge in [0.05, 0.1) is 13.7 Å². The second-order valence-electron chi connectivity index (χ2n) is 8.25. The van der Waals surface area contributed by atoms with Gasteiger partial charge in [-0.15, -0.1) is 0 Å². The molecule has 1 saturated heterocycles. The predicted octanol–water partition coefficient (Wildman–Crippen LogP) is 4.94. The van der Waals surface area contributed by atoms with E-state index in [0.717, 1.165) is 55.1 Å². The topological polar surface area (TPSA) is 59.5 Å². The van der Waals surface area contributed by atoms with Gasteiger partial charge in [0.2, 0.25) is 5.95 Å². The Bertz CT molecular complexity index is 997. The van der Waals surface area contributed by atoms with Gasteiger partial charge in [0.15, 0.2) is 0 Å². The van der Waals surface area contributed by atoms with Gasteiger partial charge >= 0.3 is 0 Å². The van der Waals surface area contributed by atoms with Gasteiger partial charge in [0, 0.05) is 43.6 Å². The number of nitrogens with one attached hydrogen (secondary N) is 1. The minimum Gasteiger partial charge on any atom is -0.497 e. The van der Waals surface area contributed by atoms with Crippen molar-refractivity contribution in [1.29, 1.82) is 0 Å². The number of rotatable bonds is 8. The van der Waals surface area contributed by atoms with Crippen molar-refractivity contribution in [3.63, 3.8) is 0 Å². The summed E-state index contributed by atoms with van der Waals surface area (Å²) in [6.45, 7) is 7.89. The lowest BCUT2D eigenvalue weighted by Crippen LogP contribution is -2.38. The molecule has 0 spiro atoms. The standard InChI is InChI=1S/C26H32N4O2/c1-4-32-25-15-20(6-5-19(25)2)18-30-13-11-23(12-14-30)29-26-27-16-22(17-28-26)21-7-9-24(31-3)10-8-21/h5-10,15-17,23H,4,11-14,18H2,1-3H3,(H,27,28,29). The maximum Gasteiger partial charge on any atom is 0.222 e. The van der Waals surface area contributed by atoms with Crippen LogP contribution in [0.5, 0.6) is 11.5 Å². The Morgan fingerprint density at radius 2 is 1.72 bits per heavy atom. The fraction of sp³-hybridized carbons (Fsp3) is 0.385. The highest BCUT2D eigenvalue weighted by Crippen LogP contribution is 2.24. The smallest absolute Gasteiger partial charge is 0.222 e.